The molecule has 1 aliphatic rings. The predicted molar refractivity (Wildman–Crippen MR) is 37.2 cm³/mol. The highest BCUT2D eigenvalue weighted by Crippen LogP contribution is 2.07. The Hall–Kier alpha value is -0.130. The van der Waals surface area contributed by atoms with Gasteiger partial charge in [-0.3, -0.25) is 9.45 Å². The molecule has 0 bridgehead atoms. The summed E-state index contributed by atoms with van der Waals surface area (Å²) in [6, 6.07) is 0. The third-order valence-electron chi connectivity index (χ3n) is 1.54. The van der Waals surface area contributed by atoms with Crippen LogP contribution in [0.5, 0.6) is 0 Å². The molecule has 1 aliphatic heterocycles. The molecule has 0 aliphatic carbocycles. The highest BCUT2D eigenvalue weighted by Gasteiger charge is 2.16. The van der Waals surface area contributed by atoms with Crippen LogP contribution in [0.4, 0.5) is 0 Å². The zero-order chi connectivity index (χ0) is 7.61. The molecule has 0 atom stereocenters. The Morgan fingerprint density at radius 3 is 2.20 bits per heavy atom. The van der Waals surface area contributed by atoms with Crippen molar-refractivity contribution in [2.45, 2.75) is 12.8 Å². The molecular formula is C5H11NO3S. The van der Waals surface area contributed by atoms with Gasteiger partial charge in [-0.2, -0.15) is 8.42 Å². The van der Waals surface area contributed by atoms with E-state index < -0.39 is 10.1 Å². The van der Waals surface area contributed by atoms with Gasteiger partial charge in [-0.15, -0.1) is 0 Å². The van der Waals surface area contributed by atoms with Crippen LogP contribution in [-0.4, -0.2) is 36.8 Å². The van der Waals surface area contributed by atoms with E-state index in [1.54, 1.807) is 4.90 Å². The third kappa shape index (κ3) is 2.64. The van der Waals surface area contributed by atoms with Crippen molar-refractivity contribution in [2.75, 3.05) is 19.0 Å². The number of rotatable bonds is 2. The molecule has 0 spiro atoms. The first-order valence-corrected chi connectivity index (χ1v) is 4.86. The third-order valence-corrected chi connectivity index (χ3v) is 2.24. The Morgan fingerprint density at radius 2 is 1.80 bits per heavy atom. The van der Waals surface area contributed by atoms with Gasteiger partial charge in [-0.25, -0.2) is 0 Å². The van der Waals surface area contributed by atoms with Crippen LogP contribution in [0.3, 0.4) is 0 Å². The van der Waals surface area contributed by atoms with Gasteiger partial charge in [0, 0.05) is 0 Å². The van der Waals surface area contributed by atoms with Gasteiger partial charge < -0.3 is 0 Å². The van der Waals surface area contributed by atoms with E-state index in [0.717, 1.165) is 25.9 Å². The van der Waals surface area contributed by atoms with E-state index in [0.29, 0.717) is 0 Å². The van der Waals surface area contributed by atoms with Crippen molar-refractivity contribution in [3.8, 4) is 0 Å². The second-order valence-electron chi connectivity index (χ2n) is 2.54. The minimum absolute atomic E-state index is 0.201. The van der Waals surface area contributed by atoms with Gasteiger partial charge in [0.05, 0.1) is 0 Å². The lowest BCUT2D eigenvalue weighted by atomic mass is 10.4. The van der Waals surface area contributed by atoms with Gasteiger partial charge in [0.25, 0.3) is 10.1 Å². The zero-order valence-corrected chi connectivity index (χ0v) is 6.47. The quantitative estimate of drug-likeness (QED) is 0.582. The van der Waals surface area contributed by atoms with Gasteiger partial charge in [0.2, 0.25) is 0 Å². The Morgan fingerprint density at radius 1 is 1.30 bits per heavy atom. The molecule has 0 aromatic rings. The van der Waals surface area contributed by atoms with Crippen LogP contribution in [-0.2, 0) is 10.1 Å². The number of hydrogen-bond acceptors (Lipinski definition) is 3. The second-order valence-corrected chi connectivity index (χ2v) is 3.96. The fourth-order valence-electron chi connectivity index (χ4n) is 1.14. The van der Waals surface area contributed by atoms with E-state index in [-0.39, 0.29) is 5.88 Å². The van der Waals surface area contributed by atoms with E-state index >= 15 is 0 Å². The Kier molecular flexibility index (Phi) is 2.28. The Balaban J connectivity index is 2.38. The van der Waals surface area contributed by atoms with Crippen LogP contribution in [0.15, 0.2) is 0 Å². The van der Waals surface area contributed by atoms with Crippen molar-refractivity contribution in [1.82, 2.24) is 4.90 Å². The molecule has 4 nitrogen and oxygen atoms in total. The molecule has 1 heterocycles. The summed E-state index contributed by atoms with van der Waals surface area (Å²) in [6.07, 6.45) is 2.07. The summed E-state index contributed by atoms with van der Waals surface area (Å²) in [6.45, 7) is 1.58. The molecule has 0 amide bonds. The molecule has 1 fully saturated rings. The normalized spacial score (nSPS) is 21.7. The van der Waals surface area contributed by atoms with E-state index in [4.69, 9.17) is 4.55 Å². The van der Waals surface area contributed by atoms with Gasteiger partial charge in [0.1, 0.15) is 5.88 Å². The van der Waals surface area contributed by atoms with Crippen LogP contribution in [0.1, 0.15) is 12.8 Å². The number of hydrogen-bond donors (Lipinski definition) is 1. The molecule has 60 valence electrons. The minimum atomic E-state index is -3.78. The van der Waals surface area contributed by atoms with Gasteiger partial charge in [-0.1, -0.05) is 0 Å². The largest absolute Gasteiger partial charge is 0.288 e. The van der Waals surface area contributed by atoms with Gasteiger partial charge in [-0.05, 0) is 25.9 Å². The monoisotopic (exact) mass is 165 g/mol. The van der Waals surface area contributed by atoms with Crippen LogP contribution in [0.25, 0.3) is 0 Å². The SMILES string of the molecule is O=S(=O)(O)CN1CCCC1. The molecule has 1 N–H and O–H groups in total. The van der Waals surface area contributed by atoms with Crippen molar-refractivity contribution >= 4 is 10.1 Å². The lowest BCUT2D eigenvalue weighted by molar-refractivity contribution is 0.366. The molecule has 0 unspecified atom stereocenters. The van der Waals surface area contributed by atoms with E-state index in [9.17, 15) is 8.42 Å². The fraction of sp³-hybridized carbons (Fsp3) is 1.00. The van der Waals surface area contributed by atoms with Crippen LogP contribution in [0.2, 0.25) is 0 Å². The summed E-state index contributed by atoms with van der Waals surface area (Å²) >= 11 is 0. The van der Waals surface area contributed by atoms with Crippen LogP contribution in [0, 0.1) is 0 Å². The molecule has 0 saturated carbocycles. The smallest absolute Gasteiger partial charge is 0.278 e. The molecule has 5 heteroatoms. The van der Waals surface area contributed by atoms with E-state index in [2.05, 4.69) is 0 Å². The van der Waals surface area contributed by atoms with Crippen LogP contribution < -0.4 is 0 Å². The molecule has 0 aromatic carbocycles. The molecule has 1 rings (SSSR count). The summed E-state index contributed by atoms with van der Waals surface area (Å²) in [5.41, 5.74) is 0. The predicted octanol–water partition coefficient (Wildman–Crippen LogP) is -0.0725. The zero-order valence-electron chi connectivity index (χ0n) is 5.65. The maximum absolute atomic E-state index is 10.3. The average molecular weight is 165 g/mol. The van der Waals surface area contributed by atoms with Crippen molar-refractivity contribution in [1.29, 1.82) is 0 Å². The first kappa shape index (κ1) is 7.97. The number of nitrogens with zero attached hydrogens (tertiary/aromatic N) is 1. The lowest BCUT2D eigenvalue weighted by Crippen LogP contribution is -2.26. The standard InChI is InChI=1S/C5H11NO3S/c7-10(8,9)5-6-3-1-2-4-6/h1-5H2,(H,7,8,9). The van der Waals surface area contributed by atoms with Crippen molar-refractivity contribution in [3.05, 3.63) is 0 Å². The average Bonchev–Trinajstić information content (AvgIpc) is 2.12. The summed E-state index contributed by atoms with van der Waals surface area (Å²) < 4.78 is 29.0. The molecule has 1 saturated heterocycles. The summed E-state index contributed by atoms with van der Waals surface area (Å²) in [5.74, 6) is -0.201. The van der Waals surface area contributed by atoms with E-state index in [1.807, 2.05) is 0 Å². The van der Waals surface area contributed by atoms with Crippen LogP contribution >= 0.6 is 0 Å². The summed E-state index contributed by atoms with van der Waals surface area (Å²) in [5, 5.41) is 0. The van der Waals surface area contributed by atoms with Gasteiger partial charge >= 0.3 is 0 Å². The highest BCUT2D eigenvalue weighted by molar-refractivity contribution is 7.85. The lowest BCUT2D eigenvalue weighted by Gasteiger charge is -2.10. The fourth-order valence-corrected chi connectivity index (χ4v) is 1.86. The highest BCUT2D eigenvalue weighted by atomic mass is 32.2. The Labute approximate surface area is 60.6 Å². The van der Waals surface area contributed by atoms with Crippen molar-refractivity contribution in [2.24, 2.45) is 0 Å². The number of likely N-dealkylation sites (tertiary alicyclic amines) is 1. The van der Waals surface area contributed by atoms with E-state index in [1.165, 1.54) is 0 Å². The topological polar surface area (TPSA) is 57.6 Å². The van der Waals surface area contributed by atoms with Crippen molar-refractivity contribution < 1.29 is 13.0 Å². The maximum atomic E-state index is 10.3. The molecule has 10 heavy (non-hydrogen) atoms. The van der Waals surface area contributed by atoms with Gasteiger partial charge in [0.15, 0.2) is 0 Å². The molecule has 0 aromatic heterocycles. The minimum Gasteiger partial charge on any atom is -0.288 e. The molecular weight excluding hydrogens is 154 g/mol. The maximum Gasteiger partial charge on any atom is 0.278 e. The Bertz CT molecular complexity index is 193. The first-order valence-electron chi connectivity index (χ1n) is 3.25. The second kappa shape index (κ2) is 2.86. The summed E-state index contributed by atoms with van der Waals surface area (Å²) in [4.78, 5) is 1.73. The molecule has 0 radical (unpaired) electrons. The summed E-state index contributed by atoms with van der Waals surface area (Å²) in [7, 11) is -3.78. The first-order chi connectivity index (χ1) is 4.58. The van der Waals surface area contributed by atoms with Crippen molar-refractivity contribution in [3.63, 3.8) is 0 Å².